The Labute approximate surface area is 383 Å². The van der Waals surface area contributed by atoms with Gasteiger partial charge in [0.1, 0.15) is 0 Å². The van der Waals surface area contributed by atoms with Crippen molar-refractivity contribution in [1.29, 1.82) is 0 Å². The molecule has 4 aromatic carbocycles. The zero-order chi connectivity index (χ0) is 45.3. The molecule has 0 saturated carbocycles. The lowest BCUT2D eigenvalue weighted by Crippen LogP contribution is -2.07. The van der Waals surface area contributed by atoms with Crippen molar-refractivity contribution >= 4 is 96.6 Å². The Balaban J connectivity index is 1.42. The number of aromatic amines is 2. The molecule has 8 bridgehead atoms. The first-order chi connectivity index (χ1) is 30.2. The van der Waals surface area contributed by atoms with Crippen LogP contribution < -0.4 is 21.2 Å². The topological polar surface area (TPSA) is 57.4 Å². The summed E-state index contributed by atoms with van der Waals surface area (Å²) in [6.07, 6.45) is 8.81. The Kier molecular flexibility index (Phi) is 11.5. The number of hydrogen-bond donors (Lipinski definition) is 2. The molecule has 0 radical (unpaired) electrons. The molecule has 9 rings (SSSR count). The highest BCUT2D eigenvalue weighted by molar-refractivity contribution is 7.82. The van der Waals surface area contributed by atoms with Gasteiger partial charge in [-0.2, -0.15) is 0 Å². The summed E-state index contributed by atoms with van der Waals surface area (Å²) in [5.41, 5.74) is 16.6. The highest BCUT2D eigenvalue weighted by Crippen LogP contribution is 2.48. The van der Waals surface area contributed by atoms with Crippen LogP contribution in [0.2, 0.25) is 0 Å². The van der Waals surface area contributed by atoms with Crippen molar-refractivity contribution in [3.63, 3.8) is 0 Å². The third-order valence-electron chi connectivity index (χ3n) is 12.5. The van der Waals surface area contributed by atoms with E-state index in [1.807, 2.05) is 0 Å². The fourth-order valence-electron chi connectivity index (χ4n) is 8.72. The smallest absolute Gasteiger partial charge is 0.0931 e. The van der Waals surface area contributed by atoms with Gasteiger partial charge in [0.05, 0.1) is 124 Å². The van der Waals surface area contributed by atoms with Gasteiger partial charge in [0.25, 0.3) is 0 Å². The molecule has 0 spiro atoms. The van der Waals surface area contributed by atoms with Crippen LogP contribution in [-0.4, -0.2) is 99.9 Å². The number of fused-ring (bicyclic) bond motifs is 8. The third-order valence-corrected chi connectivity index (χ3v) is 19.9. The first-order valence-electron chi connectivity index (χ1n) is 22.1. The van der Waals surface area contributed by atoms with Crippen molar-refractivity contribution in [1.82, 2.24) is 19.9 Å². The summed E-state index contributed by atoms with van der Waals surface area (Å²) < 4.78 is 0. The number of aromatic nitrogens is 4. The lowest BCUT2D eigenvalue weighted by molar-refractivity contribution is 1.31. The van der Waals surface area contributed by atoms with Crippen LogP contribution in [0.3, 0.4) is 0 Å². The largest absolute Gasteiger partial charge is 0.354 e. The lowest BCUT2D eigenvalue weighted by Gasteiger charge is -2.13. The summed E-state index contributed by atoms with van der Waals surface area (Å²) >= 11 is 0. The minimum absolute atomic E-state index is 0.929. The maximum Gasteiger partial charge on any atom is 0.0931 e. The Morgan fingerprint density at radius 2 is 0.453 bits per heavy atom. The lowest BCUT2D eigenvalue weighted by atomic mass is 10.0. The van der Waals surface area contributed by atoms with Crippen LogP contribution in [0.5, 0.6) is 0 Å². The second-order valence-corrected chi connectivity index (χ2v) is 38.9. The van der Waals surface area contributed by atoms with E-state index in [4.69, 9.17) is 9.97 Å². The summed E-state index contributed by atoms with van der Waals surface area (Å²) in [6.45, 7) is 28.5. The molecule has 0 fully saturated rings. The SMILES string of the molecule is C[P+](C)(C)c1ccc(-c2c3nc(c(-c4ccc([P+](C)(C)C)cc4)c4ccc([nH]4)c(-c4ccc([P+](C)(C)C)cc4)c4nc(c(-c5ccc([P+](C)(C)C)cc5)c5ccc2[nH]5)C=C4)C=C3)cc1. The van der Waals surface area contributed by atoms with Crippen molar-refractivity contribution in [2.45, 2.75) is 0 Å². The van der Waals surface area contributed by atoms with Crippen LogP contribution in [0.1, 0.15) is 22.8 Å². The van der Waals surface area contributed by atoms with Gasteiger partial charge in [-0.25, -0.2) is 9.97 Å². The minimum Gasteiger partial charge on any atom is -0.354 e. The van der Waals surface area contributed by atoms with Crippen LogP contribution >= 0.6 is 29.0 Å². The second-order valence-electron chi connectivity index (χ2n) is 20.7. The number of hydrogen-bond acceptors (Lipinski definition) is 2. The molecule has 2 aliphatic rings. The first-order valence-corrected chi connectivity index (χ1v) is 34.6. The number of benzene rings is 4. The maximum absolute atomic E-state index is 5.58. The molecule has 0 aliphatic carbocycles. The fraction of sp³-hybridized carbons (Fsp3) is 0.214. The minimum atomic E-state index is -1.21. The fourth-order valence-corrected chi connectivity index (χ4v) is 12.9. The van der Waals surface area contributed by atoms with Gasteiger partial charge in [0.15, 0.2) is 0 Å². The molecule has 322 valence electrons. The van der Waals surface area contributed by atoms with Gasteiger partial charge in [-0.05, 0) is 119 Å². The van der Waals surface area contributed by atoms with Gasteiger partial charge in [0.2, 0.25) is 0 Å². The van der Waals surface area contributed by atoms with E-state index >= 15 is 0 Å². The molecule has 0 saturated heterocycles. The molecule has 0 amide bonds. The van der Waals surface area contributed by atoms with E-state index in [1.54, 1.807) is 0 Å². The standard InChI is InChI=1S/C56H62N4P4/c1-61(2,3)41-21-13-37(14-22-41)53-45-29-31-47(57-45)54(38-15-23-42(24-16-38)62(4,5)6)49-33-35-51(59-49)56(40-19-27-44(28-20-40)64(10,11)12)52-36-34-50(60-52)55(48-32-30-46(53)58-48)39-17-25-43(26-18-39)63(7,8)9/h13-36,57,60H,1-12H3/q+4. The quantitative estimate of drug-likeness (QED) is 0.149. The van der Waals surface area contributed by atoms with Gasteiger partial charge in [-0.15, -0.1) is 0 Å². The van der Waals surface area contributed by atoms with Crippen molar-refractivity contribution < 1.29 is 0 Å². The Hall–Kier alpha value is -4.80. The van der Waals surface area contributed by atoms with E-state index < -0.39 is 29.0 Å². The van der Waals surface area contributed by atoms with Gasteiger partial charge >= 0.3 is 0 Å². The normalized spacial score (nSPS) is 13.2. The number of H-pyrrole nitrogens is 2. The summed E-state index contributed by atoms with van der Waals surface area (Å²) in [7, 11) is -4.85. The van der Waals surface area contributed by atoms with Crippen LogP contribution in [0, 0.1) is 0 Å². The molecule has 0 unspecified atom stereocenters. The Morgan fingerprint density at radius 1 is 0.266 bits per heavy atom. The number of nitrogens with one attached hydrogen (secondary N) is 2. The molecule has 0 atom stereocenters. The molecule has 2 N–H and O–H groups in total. The van der Waals surface area contributed by atoms with Gasteiger partial charge in [-0.3, -0.25) is 0 Å². The van der Waals surface area contributed by atoms with E-state index in [9.17, 15) is 0 Å². The number of nitrogens with zero attached hydrogens (tertiary/aromatic N) is 2. The molecule has 7 aromatic rings. The highest BCUT2D eigenvalue weighted by atomic mass is 31.2. The van der Waals surface area contributed by atoms with Crippen molar-refractivity contribution in [2.24, 2.45) is 0 Å². The van der Waals surface area contributed by atoms with Crippen LogP contribution in [0.4, 0.5) is 0 Å². The van der Waals surface area contributed by atoms with Crippen molar-refractivity contribution in [3.8, 4) is 44.5 Å². The summed E-state index contributed by atoms with van der Waals surface area (Å²) in [5, 5.41) is 5.63. The highest BCUT2D eigenvalue weighted by Gasteiger charge is 2.26. The Morgan fingerprint density at radius 3 is 0.625 bits per heavy atom. The van der Waals surface area contributed by atoms with Crippen LogP contribution in [0.25, 0.3) is 90.9 Å². The van der Waals surface area contributed by atoms with E-state index in [0.717, 1.165) is 89.4 Å². The predicted molar refractivity (Wildman–Crippen MR) is 298 cm³/mol. The molecule has 4 nitrogen and oxygen atoms in total. The maximum atomic E-state index is 5.58. The van der Waals surface area contributed by atoms with E-state index in [0.29, 0.717) is 0 Å². The van der Waals surface area contributed by atoms with E-state index in [-0.39, 0.29) is 0 Å². The zero-order valence-electron chi connectivity index (χ0n) is 39.5. The molecule has 3 aromatic heterocycles. The molecule has 2 aliphatic heterocycles. The van der Waals surface area contributed by atoms with Gasteiger partial charge in [0, 0.05) is 73.4 Å². The van der Waals surface area contributed by atoms with Crippen molar-refractivity contribution in [3.05, 3.63) is 144 Å². The average molecular weight is 915 g/mol. The van der Waals surface area contributed by atoms with Gasteiger partial charge < -0.3 is 9.97 Å². The zero-order valence-corrected chi connectivity index (χ0v) is 43.1. The molecule has 8 heteroatoms. The van der Waals surface area contributed by atoms with Gasteiger partial charge in [-0.1, -0.05) is 48.5 Å². The summed E-state index contributed by atoms with van der Waals surface area (Å²) in [6, 6.07) is 45.8. The molecular weight excluding hydrogens is 853 g/mol. The first kappa shape index (κ1) is 44.4. The second kappa shape index (κ2) is 16.6. The van der Waals surface area contributed by atoms with E-state index in [2.05, 4.69) is 236 Å². The molecule has 5 heterocycles. The molecular formula is C56H62N4P4+4. The van der Waals surface area contributed by atoms with Crippen molar-refractivity contribution in [2.75, 3.05) is 80.0 Å². The summed E-state index contributed by atoms with van der Waals surface area (Å²) in [4.78, 5) is 19.1. The summed E-state index contributed by atoms with van der Waals surface area (Å²) in [5.74, 6) is 0. The predicted octanol–water partition coefficient (Wildman–Crippen LogP) is 13.5. The monoisotopic (exact) mass is 914 g/mol. The van der Waals surface area contributed by atoms with Crippen LogP contribution in [0.15, 0.2) is 121 Å². The molecule has 64 heavy (non-hydrogen) atoms. The number of rotatable bonds is 8. The third kappa shape index (κ3) is 8.81. The van der Waals surface area contributed by atoms with E-state index in [1.165, 1.54) is 21.2 Å². The van der Waals surface area contributed by atoms with Crippen LogP contribution in [-0.2, 0) is 0 Å². The Bertz CT molecular complexity index is 2720. The average Bonchev–Trinajstić information content (AvgIpc) is 4.08.